The Labute approximate surface area is 154 Å². The van der Waals surface area contributed by atoms with Gasteiger partial charge in [0.15, 0.2) is 0 Å². The van der Waals surface area contributed by atoms with Crippen molar-refractivity contribution in [3.8, 4) is 5.75 Å². The third-order valence-electron chi connectivity index (χ3n) is 4.75. The number of benzene rings is 1. The Kier molecular flexibility index (Phi) is 5.40. The van der Waals surface area contributed by atoms with Crippen molar-refractivity contribution in [1.29, 1.82) is 0 Å². The fourth-order valence-corrected chi connectivity index (χ4v) is 3.17. The van der Waals surface area contributed by atoms with Crippen LogP contribution in [0.2, 0.25) is 0 Å². The minimum absolute atomic E-state index is 0.0262. The van der Waals surface area contributed by atoms with Gasteiger partial charge in [0.25, 0.3) is 5.91 Å². The fraction of sp³-hybridized carbons (Fsp3) is 0.450. The van der Waals surface area contributed by atoms with E-state index in [0.29, 0.717) is 23.3 Å². The van der Waals surface area contributed by atoms with Gasteiger partial charge in [-0.15, -0.1) is 0 Å². The molecule has 1 aliphatic rings. The van der Waals surface area contributed by atoms with Crippen LogP contribution >= 0.6 is 0 Å². The third-order valence-corrected chi connectivity index (χ3v) is 4.75. The maximum atomic E-state index is 12.8. The molecule has 6 nitrogen and oxygen atoms in total. The van der Waals surface area contributed by atoms with Crippen LogP contribution in [0, 0.1) is 19.8 Å². The lowest BCUT2D eigenvalue weighted by Gasteiger charge is -2.30. The number of hydrogen-bond acceptors (Lipinski definition) is 5. The first-order chi connectivity index (χ1) is 12.5. The number of carbonyl (C=O) groups is 1. The van der Waals surface area contributed by atoms with Crippen LogP contribution in [0.5, 0.6) is 5.75 Å². The van der Waals surface area contributed by atoms with E-state index < -0.39 is 0 Å². The molecule has 0 saturated carbocycles. The van der Waals surface area contributed by atoms with Crippen LogP contribution in [-0.4, -0.2) is 41.0 Å². The minimum Gasteiger partial charge on any atom is -0.495 e. The maximum absolute atomic E-state index is 12.8. The molecule has 1 amide bonds. The van der Waals surface area contributed by atoms with E-state index >= 15 is 0 Å². The third kappa shape index (κ3) is 4.12. The van der Waals surface area contributed by atoms with Crippen molar-refractivity contribution in [2.24, 2.45) is 5.92 Å². The van der Waals surface area contributed by atoms with E-state index in [1.807, 2.05) is 30.0 Å². The molecule has 0 unspecified atom stereocenters. The van der Waals surface area contributed by atoms with Gasteiger partial charge in [-0.2, -0.15) is 0 Å². The highest BCUT2D eigenvalue weighted by molar-refractivity contribution is 5.93. The van der Waals surface area contributed by atoms with Gasteiger partial charge in [-0.25, -0.2) is 9.97 Å². The van der Waals surface area contributed by atoms with Gasteiger partial charge in [0, 0.05) is 19.2 Å². The Morgan fingerprint density at radius 1 is 1.19 bits per heavy atom. The van der Waals surface area contributed by atoms with E-state index in [1.165, 1.54) is 0 Å². The van der Waals surface area contributed by atoms with Crippen molar-refractivity contribution in [1.82, 2.24) is 14.9 Å². The van der Waals surface area contributed by atoms with Crippen molar-refractivity contribution in [2.45, 2.75) is 33.6 Å². The highest BCUT2D eigenvalue weighted by Crippen LogP contribution is 2.28. The topological polar surface area (TPSA) is 67.3 Å². The monoisotopic (exact) mass is 354 g/mol. The van der Waals surface area contributed by atoms with E-state index in [9.17, 15) is 4.79 Å². The minimum atomic E-state index is -0.0262. The van der Waals surface area contributed by atoms with E-state index in [-0.39, 0.29) is 5.91 Å². The van der Waals surface area contributed by atoms with Crippen molar-refractivity contribution < 1.29 is 9.53 Å². The molecular formula is C20H26N4O2. The smallest absolute Gasteiger partial charge is 0.272 e. The van der Waals surface area contributed by atoms with Crippen LogP contribution in [-0.2, 0) is 0 Å². The van der Waals surface area contributed by atoms with Crippen LogP contribution in [0.3, 0.4) is 0 Å². The largest absolute Gasteiger partial charge is 0.495 e. The molecule has 0 bridgehead atoms. The van der Waals surface area contributed by atoms with Gasteiger partial charge in [-0.1, -0.05) is 13.0 Å². The molecule has 6 heteroatoms. The van der Waals surface area contributed by atoms with E-state index in [1.54, 1.807) is 20.1 Å². The summed E-state index contributed by atoms with van der Waals surface area (Å²) in [5, 5.41) is 3.26. The van der Waals surface area contributed by atoms with Gasteiger partial charge in [0.05, 0.1) is 12.8 Å². The molecular weight excluding hydrogens is 328 g/mol. The van der Waals surface area contributed by atoms with Gasteiger partial charge in [0.2, 0.25) is 0 Å². The lowest BCUT2D eigenvalue weighted by molar-refractivity contribution is 0.0691. The van der Waals surface area contributed by atoms with Crippen LogP contribution in [0.1, 0.15) is 41.6 Å². The number of likely N-dealkylation sites (tertiary alicyclic amines) is 1. The zero-order valence-corrected chi connectivity index (χ0v) is 15.9. The average molecular weight is 354 g/mol. The summed E-state index contributed by atoms with van der Waals surface area (Å²) in [5.41, 5.74) is 2.36. The Morgan fingerprint density at radius 2 is 1.92 bits per heavy atom. The van der Waals surface area contributed by atoms with Gasteiger partial charge in [-0.05, 0) is 50.3 Å². The standard InChI is InChI=1S/C20H26N4O2/c1-13-7-9-24(10-8-13)20(25)17-12-19(22-15(3)21-17)23-16-11-14(2)5-6-18(16)26-4/h5-6,11-13H,7-10H2,1-4H3,(H,21,22,23). The van der Waals surface area contributed by atoms with Gasteiger partial charge < -0.3 is 15.0 Å². The number of methoxy groups -OCH3 is 1. The Bertz CT molecular complexity index is 798. The second kappa shape index (κ2) is 7.72. The van der Waals surface area contributed by atoms with Crippen molar-refractivity contribution in [3.63, 3.8) is 0 Å². The molecule has 2 heterocycles. The first-order valence-electron chi connectivity index (χ1n) is 9.03. The SMILES string of the molecule is COc1ccc(C)cc1Nc1cc(C(=O)N2CCC(C)CC2)nc(C)n1. The summed E-state index contributed by atoms with van der Waals surface area (Å²) < 4.78 is 5.40. The molecule has 3 rings (SSSR count). The first-order valence-corrected chi connectivity index (χ1v) is 9.03. The summed E-state index contributed by atoms with van der Waals surface area (Å²) in [5.74, 6) is 2.54. The highest BCUT2D eigenvalue weighted by Gasteiger charge is 2.23. The van der Waals surface area contributed by atoms with Crippen LogP contribution in [0.25, 0.3) is 0 Å². The molecule has 138 valence electrons. The number of ether oxygens (including phenoxy) is 1. The summed E-state index contributed by atoms with van der Waals surface area (Å²) in [7, 11) is 1.63. The summed E-state index contributed by atoms with van der Waals surface area (Å²) in [6, 6.07) is 7.60. The summed E-state index contributed by atoms with van der Waals surface area (Å²) in [6.07, 6.45) is 2.09. The number of nitrogens with one attached hydrogen (secondary N) is 1. The lowest BCUT2D eigenvalue weighted by Crippen LogP contribution is -2.38. The predicted molar refractivity (Wildman–Crippen MR) is 102 cm³/mol. The fourth-order valence-electron chi connectivity index (χ4n) is 3.17. The normalized spacial score (nSPS) is 15.0. The number of amides is 1. The first kappa shape index (κ1) is 18.2. The molecule has 26 heavy (non-hydrogen) atoms. The number of anilines is 2. The zero-order chi connectivity index (χ0) is 18.7. The zero-order valence-electron chi connectivity index (χ0n) is 15.9. The molecule has 1 N–H and O–H groups in total. The Morgan fingerprint density at radius 3 is 2.62 bits per heavy atom. The number of carbonyl (C=O) groups excluding carboxylic acids is 1. The maximum Gasteiger partial charge on any atom is 0.272 e. The van der Waals surface area contributed by atoms with Crippen LogP contribution < -0.4 is 10.1 Å². The van der Waals surface area contributed by atoms with Crippen LogP contribution in [0.4, 0.5) is 11.5 Å². The molecule has 1 saturated heterocycles. The number of hydrogen-bond donors (Lipinski definition) is 1. The number of rotatable bonds is 4. The number of nitrogens with zero attached hydrogens (tertiary/aromatic N) is 3. The van der Waals surface area contributed by atoms with E-state index in [4.69, 9.17) is 4.74 Å². The van der Waals surface area contributed by atoms with Gasteiger partial charge >= 0.3 is 0 Å². The molecule has 2 aromatic rings. The molecule has 0 radical (unpaired) electrons. The number of aromatic nitrogens is 2. The number of aryl methyl sites for hydroxylation is 2. The lowest BCUT2D eigenvalue weighted by atomic mass is 9.99. The summed E-state index contributed by atoms with van der Waals surface area (Å²) in [4.78, 5) is 23.5. The Balaban J connectivity index is 1.84. The second-order valence-corrected chi connectivity index (χ2v) is 6.99. The molecule has 1 fully saturated rings. The van der Waals surface area contributed by atoms with Crippen molar-refractivity contribution in [3.05, 3.63) is 41.3 Å². The average Bonchev–Trinajstić information content (AvgIpc) is 2.61. The van der Waals surface area contributed by atoms with Gasteiger partial charge in [0.1, 0.15) is 23.1 Å². The predicted octanol–water partition coefficient (Wildman–Crippen LogP) is 3.72. The van der Waals surface area contributed by atoms with Crippen LogP contribution in [0.15, 0.2) is 24.3 Å². The number of piperidine rings is 1. The van der Waals surface area contributed by atoms with Crippen molar-refractivity contribution >= 4 is 17.4 Å². The van der Waals surface area contributed by atoms with Gasteiger partial charge in [-0.3, -0.25) is 4.79 Å². The molecule has 0 aliphatic carbocycles. The molecule has 0 atom stereocenters. The van der Waals surface area contributed by atoms with E-state index in [2.05, 4.69) is 22.2 Å². The molecule has 1 aromatic carbocycles. The molecule has 1 aromatic heterocycles. The second-order valence-electron chi connectivity index (χ2n) is 6.99. The van der Waals surface area contributed by atoms with E-state index in [0.717, 1.165) is 42.9 Å². The summed E-state index contributed by atoms with van der Waals surface area (Å²) in [6.45, 7) is 7.62. The molecule has 1 aliphatic heterocycles. The highest BCUT2D eigenvalue weighted by atomic mass is 16.5. The Hall–Kier alpha value is -2.63. The van der Waals surface area contributed by atoms with Crippen molar-refractivity contribution in [2.75, 3.05) is 25.5 Å². The summed E-state index contributed by atoms with van der Waals surface area (Å²) >= 11 is 0. The quantitative estimate of drug-likeness (QED) is 0.906. The molecule has 0 spiro atoms.